The van der Waals surface area contributed by atoms with Gasteiger partial charge < -0.3 is 39.4 Å². The first-order valence-corrected chi connectivity index (χ1v) is 24.7. The van der Waals surface area contributed by atoms with Crippen LogP contribution in [-0.2, 0) is 23.7 Å². The highest BCUT2D eigenvalue weighted by Gasteiger charge is 2.44. The van der Waals surface area contributed by atoms with E-state index in [1.54, 1.807) is 0 Å². The normalized spacial score (nSPS) is 20.4. The Kier molecular flexibility index (Phi) is 39.7. The van der Waals surface area contributed by atoms with Crippen LogP contribution in [0.15, 0.2) is 48.6 Å². The van der Waals surface area contributed by atoms with Crippen LogP contribution >= 0.6 is 0 Å². The fourth-order valence-electron chi connectivity index (χ4n) is 7.32. The molecule has 60 heavy (non-hydrogen) atoms. The molecule has 0 aromatic rings. The summed E-state index contributed by atoms with van der Waals surface area (Å²) in [5.74, 6) is -0.328. The van der Waals surface area contributed by atoms with Gasteiger partial charge in [0.1, 0.15) is 30.5 Å². The van der Waals surface area contributed by atoms with E-state index in [1.807, 2.05) is 0 Å². The fraction of sp³-hybridized carbons (Fsp3) is 0.824. The molecule has 4 N–H and O–H groups in total. The molecule has 0 spiro atoms. The van der Waals surface area contributed by atoms with E-state index in [0.717, 1.165) is 64.2 Å². The average molecular weight is 849 g/mol. The van der Waals surface area contributed by atoms with E-state index in [4.69, 9.17) is 18.9 Å². The second kappa shape index (κ2) is 42.5. The Morgan fingerprint density at radius 3 is 1.47 bits per heavy atom. The predicted molar refractivity (Wildman–Crippen MR) is 247 cm³/mol. The molecule has 1 aliphatic heterocycles. The third-order valence-electron chi connectivity index (χ3n) is 11.2. The smallest absolute Gasteiger partial charge is 0.306 e. The summed E-state index contributed by atoms with van der Waals surface area (Å²) >= 11 is 0. The summed E-state index contributed by atoms with van der Waals surface area (Å²) in [7, 11) is 0. The van der Waals surface area contributed by atoms with Crippen molar-refractivity contribution in [1.82, 2.24) is 0 Å². The maximum Gasteiger partial charge on any atom is 0.306 e. The zero-order valence-corrected chi connectivity index (χ0v) is 38.5. The molecule has 0 aromatic heterocycles. The van der Waals surface area contributed by atoms with Gasteiger partial charge in [-0.05, 0) is 77.0 Å². The number of aliphatic hydroxyl groups is 4. The average Bonchev–Trinajstić information content (AvgIpc) is 3.25. The molecule has 350 valence electrons. The Balaban J connectivity index is 2.22. The summed E-state index contributed by atoms with van der Waals surface area (Å²) in [4.78, 5) is 12.8. The highest BCUT2D eigenvalue weighted by Crippen LogP contribution is 2.22. The third-order valence-corrected chi connectivity index (χ3v) is 11.2. The lowest BCUT2D eigenvalue weighted by molar-refractivity contribution is -0.305. The minimum absolute atomic E-state index is 0.121. The molecule has 9 heteroatoms. The van der Waals surface area contributed by atoms with Crippen LogP contribution in [-0.4, -0.2) is 89.6 Å². The van der Waals surface area contributed by atoms with Crippen LogP contribution in [0.5, 0.6) is 0 Å². The number of ether oxygens (including phenoxy) is 4. The molecule has 1 saturated heterocycles. The van der Waals surface area contributed by atoms with Crippen molar-refractivity contribution in [2.24, 2.45) is 0 Å². The predicted octanol–water partition coefficient (Wildman–Crippen LogP) is 11.7. The van der Waals surface area contributed by atoms with Gasteiger partial charge in [-0.2, -0.15) is 0 Å². The Morgan fingerprint density at radius 2 is 0.967 bits per heavy atom. The van der Waals surface area contributed by atoms with Crippen molar-refractivity contribution in [2.45, 2.75) is 243 Å². The quantitative estimate of drug-likeness (QED) is 0.0269. The molecular weight excluding hydrogens is 757 g/mol. The molecule has 9 nitrogen and oxygen atoms in total. The van der Waals surface area contributed by atoms with Gasteiger partial charge in [-0.15, -0.1) is 0 Å². The number of allylic oxidation sites excluding steroid dienone is 8. The number of carbonyl (C=O) groups is 1. The van der Waals surface area contributed by atoms with Gasteiger partial charge in [-0.1, -0.05) is 172 Å². The van der Waals surface area contributed by atoms with E-state index < -0.39 is 43.4 Å². The van der Waals surface area contributed by atoms with Crippen LogP contribution in [0.1, 0.15) is 206 Å². The lowest BCUT2D eigenvalue weighted by atomic mass is 9.99. The van der Waals surface area contributed by atoms with Crippen molar-refractivity contribution >= 4 is 5.97 Å². The topological polar surface area (TPSA) is 135 Å². The summed E-state index contributed by atoms with van der Waals surface area (Å²) in [6.45, 7) is 4.51. The Morgan fingerprint density at radius 1 is 0.533 bits per heavy atom. The summed E-state index contributed by atoms with van der Waals surface area (Å²) in [6.07, 6.45) is 45.7. The van der Waals surface area contributed by atoms with Gasteiger partial charge in [0, 0.05) is 13.0 Å². The SMILES string of the molecule is CCCCC/C=C\C/C=C\CCCCCCCC(=O)OC(COCCCCCCCCCCCC/C=C\C/C=C\CCCCCCC)COC1OC(CO)C(O)C(O)C1O. The monoisotopic (exact) mass is 849 g/mol. The third kappa shape index (κ3) is 32.8. The summed E-state index contributed by atoms with van der Waals surface area (Å²) in [5.41, 5.74) is 0. The number of rotatable bonds is 42. The van der Waals surface area contributed by atoms with E-state index >= 15 is 0 Å². The van der Waals surface area contributed by atoms with Crippen molar-refractivity contribution < 1.29 is 44.2 Å². The second-order valence-electron chi connectivity index (χ2n) is 16.9. The highest BCUT2D eigenvalue weighted by atomic mass is 16.7. The molecule has 0 amide bonds. The number of carbonyl (C=O) groups excluding carboxylic acids is 1. The van der Waals surface area contributed by atoms with Crippen LogP contribution in [0.25, 0.3) is 0 Å². The first-order valence-electron chi connectivity index (χ1n) is 24.7. The zero-order valence-electron chi connectivity index (χ0n) is 38.5. The van der Waals surface area contributed by atoms with Gasteiger partial charge in [0.15, 0.2) is 6.29 Å². The van der Waals surface area contributed by atoms with Gasteiger partial charge in [0.2, 0.25) is 0 Å². The molecule has 6 unspecified atom stereocenters. The summed E-state index contributed by atoms with van der Waals surface area (Å²) < 4.78 is 22.9. The number of unbranched alkanes of at least 4 members (excludes halogenated alkanes) is 23. The molecule has 1 fully saturated rings. The van der Waals surface area contributed by atoms with Crippen molar-refractivity contribution in [1.29, 1.82) is 0 Å². The van der Waals surface area contributed by atoms with Crippen molar-refractivity contribution in [2.75, 3.05) is 26.4 Å². The standard InChI is InChI=1S/C51H92O9/c1-3-5-7-9-11-13-15-17-19-20-21-22-23-24-25-27-29-31-33-35-37-39-41-57-43-45(44-58-51-50(56)49(55)48(54)46(42-52)60-51)59-47(53)40-38-36-34-32-30-28-26-18-16-14-12-10-8-6-4-2/h12,14-15,17-18,20-21,26,45-46,48-52,54-56H,3-11,13,16,19,22-25,27-44H2,1-2H3/b14-12-,17-15-,21-20-,26-18-. The van der Waals surface area contributed by atoms with Gasteiger partial charge in [-0.3, -0.25) is 4.79 Å². The van der Waals surface area contributed by atoms with E-state index in [1.165, 1.54) is 122 Å². The largest absolute Gasteiger partial charge is 0.457 e. The first kappa shape index (κ1) is 56.2. The van der Waals surface area contributed by atoms with Crippen LogP contribution in [0, 0.1) is 0 Å². The molecule has 0 radical (unpaired) electrons. The summed E-state index contributed by atoms with van der Waals surface area (Å²) in [5, 5.41) is 40.2. The maximum absolute atomic E-state index is 12.8. The van der Waals surface area contributed by atoms with Gasteiger partial charge in [0.05, 0.1) is 19.8 Å². The minimum Gasteiger partial charge on any atom is -0.457 e. The van der Waals surface area contributed by atoms with Crippen LogP contribution in [0.2, 0.25) is 0 Å². The molecular formula is C51H92O9. The van der Waals surface area contributed by atoms with E-state index in [2.05, 4.69) is 62.5 Å². The van der Waals surface area contributed by atoms with Gasteiger partial charge in [0.25, 0.3) is 0 Å². The highest BCUT2D eigenvalue weighted by molar-refractivity contribution is 5.69. The Labute approximate surface area is 367 Å². The molecule has 0 saturated carbocycles. The number of hydrogen-bond donors (Lipinski definition) is 4. The summed E-state index contributed by atoms with van der Waals surface area (Å²) in [6, 6.07) is 0. The Hall–Kier alpha value is -1.85. The molecule has 0 bridgehead atoms. The van der Waals surface area contributed by atoms with E-state index in [0.29, 0.717) is 13.0 Å². The van der Waals surface area contributed by atoms with Crippen molar-refractivity contribution in [3.63, 3.8) is 0 Å². The molecule has 6 atom stereocenters. The van der Waals surface area contributed by atoms with Crippen molar-refractivity contribution in [3.05, 3.63) is 48.6 Å². The lowest BCUT2D eigenvalue weighted by Gasteiger charge is -2.39. The van der Waals surface area contributed by atoms with Gasteiger partial charge in [-0.25, -0.2) is 0 Å². The second-order valence-corrected chi connectivity index (χ2v) is 16.9. The molecule has 1 aliphatic rings. The van der Waals surface area contributed by atoms with Crippen molar-refractivity contribution in [3.8, 4) is 0 Å². The fourth-order valence-corrected chi connectivity index (χ4v) is 7.32. The Bertz CT molecular complexity index is 1060. The lowest BCUT2D eigenvalue weighted by Crippen LogP contribution is -2.59. The van der Waals surface area contributed by atoms with Crippen LogP contribution in [0.4, 0.5) is 0 Å². The molecule has 1 rings (SSSR count). The molecule has 0 aromatic carbocycles. The number of hydrogen-bond acceptors (Lipinski definition) is 9. The van der Waals surface area contributed by atoms with Crippen LogP contribution < -0.4 is 0 Å². The molecule has 0 aliphatic carbocycles. The van der Waals surface area contributed by atoms with Gasteiger partial charge >= 0.3 is 5.97 Å². The number of aliphatic hydroxyl groups excluding tert-OH is 4. The number of esters is 1. The zero-order chi connectivity index (χ0) is 43.6. The molecule has 1 heterocycles. The van der Waals surface area contributed by atoms with Crippen LogP contribution in [0.3, 0.4) is 0 Å². The maximum atomic E-state index is 12.8. The van der Waals surface area contributed by atoms with E-state index in [9.17, 15) is 25.2 Å². The van der Waals surface area contributed by atoms with E-state index in [-0.39, 0.29) is 19.2 Å². The first-order chi connectivity index (χ1) is 29.4. The minimum atomic E-state index is -1.54.